The first kappa shape index (κ1) is 9.13. The topological polar surface area (TPSA) is 37.4 Å². The summed E-state index contributed by atoms with van der Waals surface area (Å²) in [5, 5.41) is 0. The van der Waals surface area contributed by atoms with Gasteiger partial charge in [0.2, 0.25) is 11.8 Å². The third-order valence-electron chi connectivity index (χ3n) is 3.99. The van der Waals surface area contributed by atoms with Crippen LogP contribution in [0.5, 0.6) is 0 Å². The molecule has 3 heteroatoms. The molecule has 3 unspecified atom stereocenters. The van der Waals surface area contributed by atoms with E-state index in [0.717, 1.165) is 6.42 Å². The number of nitrogens with zero attached hydrogens (tertiary/aromatic N) is 1. The molecule has 2 fully saturated rings. The highest BCUT2D eigenvalue weighted by Gasteiger charge is 2.39. The summed E-state index contributed by atoms with van der Waals surface area (Å²) in [5.41, 5.74) is 0. The van der Waals surface area contributed by atoms with Gasteiger partial charge in [0.25, 0.3) is 0 Å². The van der Waals surface area contributed by atoms with E-state index >= 15 is 0 Å². The van der Waals surface area contributed by atoms with E-state index in [-0.39, 0.29) is 11.8 Å². The molecule has 2 bridgehead atoms. The van der Waals surface area contributed by atoms with Crippen molar-refractivity contribution in [2.75, 3.05) is 6.54 Å². The summed E-state index contributed by atoms with van der Waals surface area (Å²) in [5.74, 6) is 1.94. The fraction of sp³-hybridized carbons (Fsp3) is 0.667. The van der Waals surface area contributed by atoms with Gasteiger partial charge in [-0.15, -0.1) is 0 Å². The van der Waals surface area contributed by atoms with Gasteiger partial charge >= 0.3 is 0 Å². The van der Waals surface area contributed by atoms with Crippen LogP contribution in [-0.2, 0) is 9.59 Å². The van der Waals surface area contributed by atoms with Crippen LogP contribution < -0.4 is 0 Å². The molecule has 1 saturated heterocycles. The van der Waals surface area contributed by atoms with Crippen molar-refractivity contribution < 1.29 is 9.59 Å². The quantitative estimate of drug-likeness (QED) is 0.504. The molecule has 0 aromatic rings. The lowest BCUT2D eigenvalue weighted by Gasteiger charge is -2.23. The van der Waals surface area contributed by atoms with E-state index in [1.807, 2.05) is 0 Å². The molecule has 3 atom stereocenters. The van der Waals surface area contributed by atoms with E-state index in [9.17, 15) is 9.59 Å². The molecule has 3 rings (SSSR count). The highest BCUT2D eigenvalue weighted by Crippen LogP contribution is 2.43. The van der Waals surface area contributed by atoms with Gasteiger partial charge < -0.3 is 0 Å². The number of carbonyl (C=O) groups is 2. The Morgan fingerprint density at radius 2 is 1.87 bits per heavy atom. The van der Waals surface area contributed by atoms with E-state index in [1.165, 1.54) is 11.3 Å². The number of fused-ring (bicyclic) bond motifs is 2. The second-order valence-electron chi connectivity index (χ2n) is 4.94. The van der Waals surface area contributed by atoms with Crippen molar-refractivity contribution in [3.05, 3.63) is 12.2 Å². The van der Waals surface area contributed by atoms with Crippen molar-refractivity contribution in [3.63, 3.8) is 0 Å². The Morgan fingerprint density at radius 3 is 2.40 bits per heavy atom. The van der Waals surface area contributed by atoms with Crippen LogP contribution >= 0.6 is 0 Å². The van der Waals surface area contributed by atoms with E-state index in [1.54, 1.807) is 0 Å². The van der Waals surface area contributed by atoms with E-state index < -0.39 is 0 Å². The van der Waals surface area contributed by atoms with Crippen molar-refractivity contribution in [3.8, 4) is 0 Å². The number of amides is 2. The second kappa shape index (κ2) is 3.19. The molecule has 80 valence electrons. The molecule has 0 aromatic carbocycles. The summed E-state index contributed by atoms with van der Waals surface area (Å²) in [7, 11) is 0. The molecule has 2 aliphatic carbocycles. The van der Waals surface area contributed by atoms with E-state index in [2.05, 4.69) is 12.2 Å². The van der Waals surface area contributed by atoms with Crippen molar-refractivity contribution >= 4 is 11.8 Å². The normalized spacial score (nSPS) is 38.4. The number of rotatable bonds is 2. The lowest BCUT2D eigenvalue weighted by Crippen LogP contribution is -2.35. The van der Waals surface area contributed by atoms with Gasteiger partial charge in [0.15, 0.2) is 0 Å². The minimum absolute atomic E-state index is 0.0340. The van der Waals surface area contributed by atoms with Gasteiger partial charge in [0.1, 0.15) is 0 Å². The van der Waals surface area contributed by atoms with Crippen LogP contribution in [0.4, 0.5) is 0 Å². The lowest BCUT2D eigenvalue weighted by atomic mass is 9.93. The van der Waals surface area contributed by atoms with Gasteiger partial charge in [-0.05, 0) is 30.6 Å². The third-order valence-corrected chi connectivity index (χ3v) is 3.99. The summed E-state index contributed by atoms with van der Waals surface area (Å²) in [6.07, 6.45) is 7.81. The molecule has 0 aromatic heterocycles. The minimum atomic E-state index is 0.0340. The number of imide groups is 1. The monoisotopic (exact) mass is 205 g/mol. The van der Waals surface area contributed by atoms with Gasteiger partial charge in [-0.3, -0.25) is 14.5 Å². The molecule has 0 spiro atoms. The Morgan fingerprint density at radius 1 is 1.13 bits per heavy atom. The molecule has 1 saturated carbocycles. The molecular formula is C12H15NO2. The first-order valence-corrected chi connectivity index (χ1v) is 5.75. The molecule has 15 heavy (non-hydrogen) atoms. The number of likely N-dealkylation sites (tertiary alicyclic amines) is 1. The zero-order valence-corrected chi connectivity index (χ0v) is 8.69. The summed E-state index contributed by atoms with van der Waals surface area (Å²) >= 11 is 0. The highest BCUT2D eigenvalue weighted by molar-refractivity contribution is 6.01. The molecule has 0 radical (unpaired) electrons. The number of carbonyl (C=O) groups excluding carboxylic acids is 2. The maximum Gasteiger partial charge on any atom is 0.229 e. The average molecular weight is 205 g/mol. The van der Waals surface area contributed by atoms with Gasteiger partial charge in [-0.2, -0.15) is 0 Å². The predicted octanol–water partition coefficient (Wildman–Crippen LogP) is 1.35. The van der Waals surface area contributed by atoms with E-state index in [4.69, 9.17) is 0 Å². The summed E-state index contributed by atoms with van der Waals surface area (Å²) in [6.45, 7) is 0.670. The van der Waals surface area contributed by atoms with Gasteiger partial charge in [0.05, 0.1) is 0 Å². The van der Waals surface area contributed by atoms with E-state index in [0.29, 0.717) is 37.1 Å². The maximum atomic E-state index is 11.5. The van der Waals surface area contributed by atoms with Crippen LogP contribution in [0.1, 0.15) is 25.7 Å². The van der Waals surface area contributed by atoms with Crippen molar-refractivity contribution in [2.24, 2.45) is 17.8 Å². The van der Waals surface area contributed by atoms with Crippen LogP contribution in [0.15, 0.2) is 12.2 Å². The zero-order chi connectivity index (χ0) is 10.4. The smallest absolute Gasteiger partial charge is 0.229 e. The standard InChI is InChI=1S/C12H15NO2/c14-11-3-4-12(15)13(11)7-10-6-8-1-2-9(10)5-8/h1-2,8-10H,3-7H2. The Hall–Kier alpha value is -1.12. The van der Waals surface area contributed by atoms with Gasteiger partial charge in [-0.25, -0.2) is 0 Å². The van der Waals surface area contributed by atoms with Crippen molar-refractivity contribution in [1.29, 1.82) is 0 Å². The Kier molecular flexibility index (Phi) is 1.94. The molecule has 1 heterocycles. The highest BCUT2D eigenvalue weighted by atomic mass is 16.2. The van der Waals surface area contributed by atoms with Crippen LogP contribution in [0.3, 0.4) is 0 Å². The predicted molar refractivity (Wildman–Crippen MR) is 54.8 cm³/mol. The molecule has 3 nitrogen and oxygen atoms in total. The number of hydrogen-bond donors (Lipinski definition) is 0. The Labute approximate surface area is 89.1 Å². The van der Waals surface area contributed by atoms with Crippen LogP contribution in [0.25, 0.3) is 0 Å². The van der Waals surface area contributed by atoms with Gasteiger partial charge in [-0.1, -0.05) is 12.2 Å². The lowest BCUT2D eigenvalue weighted by molar-refractivity contribution is -0.139. The Balaban J connectivity index is 1.68. The fourth-order valence-corrected chi connectivity index (χ4v) is 3.17. The van der Waals surface area contributed by atoms with Crippen molar-refractivity contribution in [2.45, 2.75) is 25.7 Å². The number of hydrogen-bond acceptors (Lipinski definition) is 2. The third kappa shape index (κ3) is 1.41. The Bertz CT molecular complexity index is 332. The van der Waals surface area contributed by atoms with Gasteiger partial charge in [0, 0.05) is 19.4 Å². The SMILES string of the molecule is O=C1CCC(=O)N1CC1CC2C=CC1C2. The first-order valence-electron chi connectivity index (χ1n) is 5.75. The average Bonchev–Trinajstić information content (AvgIpc) is 2.89. The molecule has 2 amide bonds. The first-order chi connectivity index (χ1) is 7.24. The maximum absolute atomic E-state index is 11.5. The molecule has 1 aliphatic heterocycles. The number of allylic oxidation sites excluding steroid dienone is 2. The van der Waals surface area contributed by atoms with Crippen LogP contribution in [0, 0.1) is 17.8 Å². The van der Waals surface area contributed by atoms with Crippen molar-refractivity contribution in [1.82, 2.24) is 4.90 Å². The molecule has 0 N–H and O–H groups in total. The largest absolute Gasteiger partial charge is 0.282 e. The zero-order valence-electron chi connectivity index (χ0n) is 8.69. The molecular weight excluding hydrogens is 190 g/mol. The summed E-state index contributed by atoms with van der Waals surface area (Å²) < 4.78 is 0. The summed E-state index contributed by atoms with van der Waals surface area (Å²) in [4.78, 5) is 24.4. The fourth-order valence-electron chi connectivity index (χ4n) is 3.17. The second-order valence-corrected chi connectivity index (χ2v) is 4.94. The molecule has 3 aliphatic rings. The van der Waals surface area contributed by atoms with Crippen LogP contribution in [-0.4, -0.2) is 23.3 Å². The minimum Gasteiger partial charge on any atom is -0.282 e. The van der Waals surface area contributed by atoms with Crippen LogP contribution in [0.2, 0.25) is 0 Å². The summed E-state index contributed by atoms with van der Waals surface area (Å²) in [6, 6.07) is 0.